The molecule has 1 N–H and O–H groups in total. The summed E-state index contributed by atoms with van der Waals surface area (Å²) < 4.78 is 0. The summed E-state index contributed by atoms with van der Waals surface area (Å²) in [5, 5.41) is 4.27. The molecule has 0 aliphatic heterocycles. The van der Waals surface area contributed by atoms with Crippen LogP contribution in [0.4, 0.5) is 0 Å². The molecule has 2 rings (SSSR count). The molecular formula is C13H15ClN2S. The Hall–Kier alpha value is -0.900. The second kappa shape index (κ2) is 6.15. The maximum Gasteiger partial charge on any atom is 0.0794 e. The van der Waals surface area contributed by atoms with Crippen LogP contribution in [0.5, 0.6) is 0 Å². The summed E-state index contributed by atoms with van der Waals surface area (Å²) >= 11 is 7.73. The van der Waals surface area contributed by atoms with Crippen LogP contribution in [0.2, 0.25) is 5.02 Å². The first-order valence-electron chi connectivity index (χ1n) is 5.66. The number of hydrogen-bond acceptors (Lipinski definition) is 3. The van der Waals surface area contributed by atoms with E-state index in [1.54, 1.807) is 11.3 Å². The summed E-state index contributed by atoms with van der Waals surface area (Å²) in [4.78, 5) is 5.40. The van der Waals surface area contributed by atoms with Crippen LogP contribution in [-0.2, 0) is 6.42 Å². The zero-order valence-corrected chi connectivity index (χ0v) is 11.3. The molecule has 0 aliphatic carbocycles. The second-order valence-corrected chi connectivity index (χ2v) is 5.24. The minimum Gasteiger partial charge on any atom is -0.310 e. The Morgan fingerprint density at radius 3 is 3.00 bits per heavy atom. The quantitative estimate of drug-likeness (QED) is 0.893. The van der Waals surface area contributed by atoms with Gasteiger partial charge in [-0.15, -0.1) is 11.3 Å². The first kappa shape index (κ1) is 12.6. The zero-order chi connectivity index (χ0) is 12.1. The lowest BCUT2D eigenvalue weighted by Gasteiger charge is -2.17. The van der Waals surface area contributed by atoms with E-state index in [2.05, 4.69) is 23.3 Å². The average Bonchev–Trinajstić information content (AvgIpc) is 2.81. The summed E-state index contributed by atoms with van der Waals surface area (Å²) in [5.41, 5.74) is 3.10. The number of rotatable bonds is 5. The monoisotopic (exact) mass is 266 g/mol. The molecule has 1 atom stereocenters. The molecule has 0 radical (unpaired) electrons. The molecule has 0 bridgehead atoms. The number of benzene rings is 1. The fraction of sp³-hybridized carbons (Fsp3) is 0.308. The minimum absolute atomic E-state index is 0.305. The summed E-state index contributed by atoms with van der Waals surface area (Å²) in [7, 11) is 0. The SMILES string of the molecule is CCNC(Cc1cncs1)c1cccc(Cl)c1. The molecule has 1 unspecified atom stereocenters. The molecule has 0 saturated heterocycles. The number of hydrogen-bond donors (Lipinski definition) is 1. The molecule has 1 aromatic carbocycles. The summed E-state index contributed by atoms with van der Waals surface area (Å²) in [5.74, 6) is 0. The molecule has 1 heterocycles. The van der Waals surface area contributed by atoms with Crippen LogP contribution in [0.3, 0.4) is 0 Å². The normalized spacial score (nSPS) is 12.6. The number of halogens is 1. The molecule has 0 fully saturated rings. The third kappa shape index (κ3) is 3.53. The number of nitrogens with zero attached hydrogens (tertiary/aromatic N) is 1. The van der Waals surface area contributed by atoms with E-state index in [0.29, 0.717) is 6.04 Å². The molecule has 0 amide bonds. The van der Waals surface area contributed by atoms with Crippen molar-refractivity contribution in [1.82, 2.24) is 10.3 Å². The lowest BCUT2D eigenvalue weighted by Crippen LogP contribution is -2.22. The Morgan fingerprint density at radius 1 is 1.47 bits per heavy atom. The summed E-state index contributed by atoms with van der Waals surface area (Å²) in [6, 6.07) is 8.34. The Labute approximate surface area is 111 Å². The highest BCUT2D eigenvalue weighted by Gasteiger charge is 2.12. The van der Waals surface area contributed by atoms with E-state index in [-0.39, 0.29) is 0 Å². The molecule has 0 saturated carbocycles. The van der Waals surface area contributed by atoms with E-state index in [4.69, 9.17) is 11.6 Å². The number of likely N-dealkylation sites (N-methyl/N-ethyl adjacent to an activating group) is 1. The minimum atomic E-state index is 0.305. The van der Waals surface area contributed by atoms with Gasteiger partial charge in [0.2, 0.25) is 0 Å². The standard InChI is InChI=1S/C13H15ClN2S/c1-2-16-13(7-12-8-15-9-17-12)10-4-3-5-11(14)6-10/h3-6,8-9,13,16H,2,7H2,1H3. The van der Waals surface area contributed by atoms with Crippen molar-refractivity contribution in [2.75, 3.05) is 6.54 Å². The number of thiazole rings is 1. The van der Waals surface area contributed by atoms with E-state index in [1.165, 1.54) is 10.4 Å². The van der Waals surface area contributed by atoms with Crippen molar-refractivity contribution in [3.63, 3.8) is 0 Å². The van der Waals surface area contributed by atoms with Gasteiger partial charge >= 0.3 is 0 Å². The van der Waals surface area contributed by atoms with Crippen LogP contribution in [0.1, 0.15) is 23.4 Å². The lowest BCUT2D eigenvalue weighted by molar-refractivity contribution is 0.553. The first-order chi connectivity index (χ1) is 8.29. The van der Waals surface area contributed by atoms with Crippen LogP contribution < -0.4 is 5.32 Å². The Balaban J connectivity index is 2.16. The second-order valence-electron chi connectivity index (χ2n) is 3.84. The molecule has 4 heteroatoms. The van der Waals surface area contributed by atoms with Crippen molar-refractivity contribution in [1.29, 1.82) is 0 Å². The highest BCUT2D eigenvalue weighted by Crippen LogP contribution is 2.22. The molecule has 1 aromatic heterocycles. The molecular weight excluding hydrogens is 252 g/mol. The van der Waals surface area contributed by atoms with Crippen molar-refractivity contribution in [3.8, 4) is 0 Å². The number of aromatic nitrogens is 1. The smallest absolute Gasteiger partial charge is 0.0794 e. The highest BCUT2D eigenvalue weighted by molar-refractivity contribution is 7.09. The van der Waals surface area contributed by atoms with Gasteiger partial charge in [-0.2, -0.15) is 0 Å². The van der Waals surface area contributed by atoms with Gasteiger partial charge < -0.3 is 5.32 Å². The fourth-order valence-corrected chi connectivity index (χ4v) is 2.66. The van der Waals surface area contributed by atoms with Crippen LogP contribution in [0.25, 0.3) is 0 Å². The van der Waals surface area contributed by atoms with Gasteiger partial charge in [0.05, 0.1) is 5.51 Å². The molecule has 0 aliphatic rings. The number of nitrogens with one attached hydrogen (secondary N) is 1. The van der Waals surface area contributed by atoms with Crippen LogP contribution in [0, 0.1) is 0 Å². The first-order valence-corrected chi connectivity index (χ1v) is 6.91. The molecule has 2 nitrogen and oxygen atoms in total. The van der Waals surface area contributed by atoms with E-state index in [1.807, 2.05) is 29.9 Å². The predicted octanol–water partition coefficient (Wildman–Crippen LogP) is 3.69. The van der Waals surface area contributed by atoms with Crippen molar-refractivity contribution in [2.24, 2.45) is 0 Å². The Kier molecular flexibility index (Phi) is 4.54. The lowest BCUT2D eigenvalue weighted by atomic mass is 10.0. The van der Waals surface area contributed by atoms with Gasteiger partial charge in [0.1, 0.15) is 0 Å². The topological polar surface area (TPSA) is 24.9 Å². The van der Waals surface area contributed by atoms with E-state index in [9.17, 15) is 0 Å². The van der Waals surface area contributed by atoms with Gasteiger partial charge in [-0.3, -0.25) is 4.98 Å². The van der Waals surface area contributed by atoms with Gasteiger partial charge in [0.25, 0.3) is 0 Å². The third-order valence-electron chi connectivity index (χ3n) is 2.59. The maximum atomic E-state index is 6.03. The highest BCUT2D eigenvalue weighted by atomic mass is 35.5. The van der Waals surface area contributed by atoms with Crippen LogP contribution in [0.15, 0.2) is 36.0 Å². The average molecular weight is 267 g/mol. The maximum absolute atomic E-state index is 6.03. The van der Waals surface area contributed by atoms with Gasteiger partial charge in [0, 0.05) is 28.6 Å². The van der Waals surface area contributed by atoms with Crippen molar-refractivity contribution in [3.05, 3.63) is 51.4 Å². The van der Waals surface area contributed by atoms with Crippen molar-refractivity contribution in [2.45, 2.75) is 19.4 Å². The van der Waals surface area contributed by atoms with Crippen molar-refractivity contribution >= 4 is 22.9 Å². The molecule has 90 valence electrons. The molecule has 2 aromatic rings. The summed E-state index contributed by atoms with van der Waals surface area (Å²) in [6.07, 6.45) is 2.89. The van der Waals surface area contributed by atoms with Gasteiger partial charge in [0.15, 0.2) is 0 Å². The molecule has 0 spiro atoms. The van der Waals surface area contributed by atoms with Crippen LogP contribution in [-0.4, -0.2) is 11.5 Å². The predicted molar refractivity (Wildman–Crippen MR) is 73.7 cm³/mol. The largest absolute Gasteiger partial charge is 0.310 e. The van der Waals surface area contributed by atoms with Crippen molar-refractivity contribution < 1.29 is 0 Å². The van der Waals surface area contributed by atoms with E-state index in [0.717, 1.165) is 18.0 Å². The molecule has 17 heavy (non-hydrogen) atoms. The Morgan fingerprint density at radius 2 is 2.35 bits per heavy atom. The zero-order valence-electron chi connectivity index (χ0n) is 9.69. The van der Waals surface area contributed by atoms with E-state index >= 15 is 0 Å². The summed E-state index contributed by atoms with van der Waals surface area (Å²) in [6.45, 7) is 3.06. The van der Waals surface area contributed by atoms with Gasteiger partial charge in [-0.05, 0) is 24.2 Å². The van der Waals surface area contributed by atoms with E-state index < -0.39 is 0 Å². The fourth-order valence-electron chi connectivity index (χ4n) is 1.82. The van der Waals surface area contributed by atoms with Crippen LogP contribution >= 0.6 is 22.9 Å². The van der Waals surface area contributed by atoms with Gasteiger partial charge in [-0.1, -0.05) is 30.7 Å². The third-order valence-corrected chi connectivity index (χ3v) is 3.63. The van der Waals surface area contributed by atoms with Gasteiger partial charge in [-0.25, -0.2) is 0 Å². The Bertz CT molecular complexity index is 456.